The van der Waals surface area contributed by atoms with Gasteiger partial charge in [-0.1, -0.05) is 6.92 Å². The highest BCUT2D eigenvalue weighted by atomic mass is 19.1. The molecule has 1 unspecified atom stereocenters. The summed E-state index contributed by atoms with van der Waals surface area (Å²) < 4.78 is 13.4. The third-order valence-electron chi connectivity index (χ3n) is 3.73. The average molecular weight is 265 g/mol. The average Bonchev–Trinajstić information content (AvgIpc) is 2.40. The van der Waals surface area contributed by atoms with E-state index < -0.39 is 0 Å². The molecule has 106 valence electrons. The summed E-state index contributed by atoms with van der Waals surface area (Å²) in [6.45, 7) is 9.41. The van der Waals surface area contributed by atoms with Gasteiger partial charge in [0.25, 0.3) is 0 Å². The summed E-state index contributed by atoms with van der Waals surface area (Å²) in [7, 11) is 0. The SMILES string of the molecule is CCCN1CCN(c2ccc(F)cc2C(C)N)CC1. The molecule has 0 bridgehead atoms. The Balaban J connectivity index is 2.11. The standard InChI is InChI=1S/C15H24FN3/c1-3-6-18-7-9-19(10-8-18)15-5-4-13(16)11-14(15)12(2)17/h4-5,11-12H,3,6-10,17H2,1-2H3. The number of nitrogens with two attached hydrogens (primary N) is 1. The Kier molecular flexibility index (Phi) is 4.77. The molecule has 0 radical (unpaired) electrons. The summed E-state index contributed by atoms with van der Waals surface area (Å²) in [4.78, 5) is 4.80. The molecular formula is C15H24FN3. The minimum atomic E-state index is -0.208. The van der Waals surface area contributed by atoms with Crippen LogP contribution in [-0.4, -0.2) is 37.6 Å². The summed E-state index contributed by atoms with van der Waals surface area (Å²) in [5, 5.41) is 0. The molecule has 1 saturated heterocycles. The van der Waals surface area contributed by atoms with Gasteiger partial charge >= 0.3 is 0 Å². The molecule has 0 saturated carbocycles. The molecule has 0 aliphatic carbocycles. The number of rotatable bonds is 4. The van der Waals surface area contributed by atoms with E-state index in [1.807, 2.05) is 13.0 Å². The van der Waals surface area contributed by atoms with E-state index in [1.165, 1.54) is 12.5 Å². The van der Waals surface area contributed by atoms with Crippen LogP contribution in [0.1, 0.15) is 31.9 Å². The summed E-state index contributed by atoms with van der Waals surface area (Å²) in [6, 6.07) is 4.82. The van der Waals surface area contributed by atoms with Crippen LogP contribution in [0.5, 0.6) is 0 Å². The summed E-state index contributed by atoms with van der Waals surface area (Å²) >= 11 is 0. The maximum atomic E-state index is 13.4. The van der Waals surface area contributed by atoms with Crippen LogP contribution in [0.3, 0.4) is 0 Å². The van der Waals surface area contributed by atoms with Crippen LogP contribution in [0.15, 0.2) is 18.2 Å². The largest absolute Gasteiger partial charge is 0.369 e. The Hall–Kier alpha value is -1.13. The van der Waals surface area contributed by atoms with Crippen LogP contribution >= 0.6 is 0 Å². The molecule has 0 aromatic heterocycles. The number of benzene rings is 1. The molecule has 1 fully saturated rings. The predicted molar refractivity (Wildman–Crippen MR) is 77.9 cm³/mol. The van der Waals surface area contributed by atoms with Crippen molar-refractivity contribution in [1.29, 1.82) is 0 Å². The first-order valence-corrected chi connectivity index (χ1v) is 7.14. The molecule has 1 aromatic carbocycles. The minimum Gasteiger partial charge on any atom is -0.369 e. The highest BCUT2D eigenvalue weighted by Gasteiger charge is 2.20. The van der Waals surface area contributed by atoms with Gasteiger partial charge in [-0.3, -0.25) is 4.90 Å². The van der Waals surface area contributed by atoms with Crippen molar-refractivity contribution in [3.05, 3.63) is 29.6 Å². The normalized spacial score (nSPS) is 18.6. The van der Waals surface area contributed by atoms with Crippen molar-refractivity contribution in [1.82, 2.24) is 4.90 Å². The van der Waals surface area contributed by atoms with Gasteiger partial charge in [0.05, 0.1) is 0 Å². The van der Waals surface area contributed by atoms with Crippen molar-refractivity contribution in [3.8, 4) is 0 Å². The smallest absolute Gasteiger partial charge is 0.123 e. The van der Waals surface area contributed by atoms with E-state index in [1.54, 1.807) is 6.07 Å². The van der Waals surface area contributed by atoms with Gasteiger partial charge in [0.1, 0.15) is 5.82 Å². The van der Waals surface area contributed by atoms with Gasteiger partial charge < -0.3 is 10.6 Å². The second-order valence-corrected chi connectivity index (χ2v) is 5.32. The first-order valence-electron chi connectivity index (χ1n) is 7.14. The lowest BCUT2D eigenvalue weighted by Gasteiger charge is -2.37. The van der Waals surface area contributed by atoms with Gasteiger partial charge in [0, 0.05) is 37.9 Å². The van der Waals surface area contributed by atoms with Gasteiger partial charge in [0.15, 0.2) is 0 Å². The third-order valence-corrected chi connectivity index (χ3v) is 3.73. The van der Waals surface area contributed by atoms with Crippen LogP contribution < -0.4 is 10.6 Å². The Morgan fingerprint density at radius 3 is 2.53 bits per heavy atom. The summed E-state index contributed by atoms with van der Waals surface area (Å²) in [5.74, 6) is -0.208. The number of halogens is 1. The number of hydrogen-bond acceptors (Lipinski definition) is 3. The van der Waals surface area contributed by atoms with Gasteiger partial charge in [-0.25, -0.2) is 4.39 Å². The van der Waals surface area contributed by atoms with Crippen molar-refractivity contribution in [3.63, 3.8) is 0 Å². The van der Waals surface area contributed by atoms with E-state index in [0.29, 0.717) is 0 Å². The molecule has 1 atom stereocenters. The summed E-state index contributed by atoms with van der Waals surface area (Å²) in [6.07, 6.45) is 1.20. The lowest BCUT2D eigenvalue weighted by Crippen LogP contribution is -2.47. The Bertz CT molecular complexity index is 412. The van der Waals surface area contributed by atoms with E-state index in [2.05, 4.69) is 16.7 Å². The zero-order valence-corrected chi connectivity index (χ0v) is 11.9. The molecular weight excluding hydrogens is 241 g/mol. The first-order chi connectivity index (χ1) is 9.11. The maximum absolute atomic E-state index is 13.4. The van der Waals surface area contributed by atoms with Crippen molar-refractivity contribution in [2.75, 3.05) is 37.6 Å². The molecule has 3 nitrogen and oxygen atoms in total. The van der Waals surface area contributed by atoms with E-state index in [0.717, 1.165) is 44.0 Å². The molecule has 1 aliphatic heterocycles. The maximum Gasteiger partial charge on any atom is 0.123 e. The molecule has 0 amide bonds. The quantitative estimate of drug-likeness (QED) is 0.907. The summed E-state index contributed by atoms with van der Waals surface area (Å²) in [5.41, 5.74) is 7.96. The molecule has 1 aliphatic rings. The van der Waals surface area contributed by atoms with Crippen LogP contribution in [0.2, 0.25) is 0 Å². The predicted octanol–water partition coefficient (Wildman–Crippen LogP) is 2.38. The minimum absolute atomic E-state index is 0.139. The van der Waals surface area contributed by atoms with Crippen molar-refractivity contribution < 1.29 is 4.39 Å². The van der Waals surface area contributed by atoms with Gasteiger partial charge in [-0.2, -0.15) is 0 Å². The third kappa shape index (κ3) is 3.45. The van der Waals surface area contributed by atoms with Crippen LogP contribution in [-0.2, 0) is 0 Å². The van der Waals surface area contributed by atoms with Crippen molar-refractivity contribution in [2.24, 2.45) is 5.73 Å². The van der Waals surface area contributed by atoms with E-state index in [4.69, 9.17) is 5.73 Å². The molecule has 1 heterocycles. The molecule has 2 N–H and O–H groups in total. The molecule has 4 heteroatoms. The second-order valence-electron chi connectivity index (χ2n) is 5.32. The molecule has 2 rings (SSSR count). The lowest BCUT2D eigenvalue weighted by molar-refractivity contribution is 0.258. The van der Waals surface area contributed by atoms with Gasteiger partial charge in [-0.15, -0.1) is 0 Å². The Morgan fingerprint density at radius 2 is 1.95 bits per heavy atom. The Labute approximate surface area is 115 Å². The number of nitrogens with zero attached hydrogens (tertiary/aromatic N) is 2. The fourth-order valence-electron chi connectivity index (χ4n) is 2.71. The molecule has 1 aromatic rings. The zero-order valence-electron chi connectivity index (χ0n) is 11.9. The lowest BCUT2D eigenvalue weighted by atomic mass is 10.0. The van der Waals surface area contributed by atoms with E-state index in [9.17, 15) is 4.39 Å². The van der Waals surface area contributed by atoms with Gasteiger partial charge in [0.2, 0.25) is 0 Å². The highest BCUT2D eigenvalue weighted by molar-refractivity contribution is 5.55. The van der Waals surface area contributed by atoms with Crippen molar-refractivity contribution >= 4 is 5.69 Å². The van der Waals surface area contributed by atoms with Gasteiger partial charge in [-0.05, 0) is 43.7 Å². The fourth-order valence-corrected chi connectivity index (χ4v) is 2.71. The van der Waals surface area contributed by atoms with E-state index in [-0.39, 0.29) is 11.9 Å². The zero-order chi connectivity index (χ0) is 13.8. The van der Waals surface area contributed by atoms with Crippen LogP contribution in [0.4, 0.5) is 10.1 Å². The number of hydrogen-bond donors (Lipinski definition) is 1. The fraction of sp³-hybridized carbons (Fsp3) is 0.600. The number of piperazine rings is 1. The topological polar surface area (TPSA) is 32.5 Å². The second kappa shape index (κ2) is 6.35. The van der Waals surface area contributed by atoms with Crippen LogP contribution in [0.25, 0.3) is 0 Å². The molecule has 0 spiro atoms. The van der Waals surface area contributed by atoms with Crippen LogP contribution in [0, 0.1) is 5.82 Å². The Morgan fingerprint density at radius 1 is 1.26 bits per heavy atom. The highest BCUT2D eigenvalue weighted by Crippen LogP contribution is 2.27. The van der Waals surface area contributed by atoms with E-state index >= 15 is 0 Å². The molecule has 19 heavy (non-hydrogen) atoms. The van der Waals surface area contributed by atoms with Crippen molar-refractivity contribution in [2.45, 2.75) is 26.3 Å². The monoisotopic (exact) mass is 265 g/mol. The first kappa shape index (κ1) is 14.3. The number of anilines is 1.